The van der Waals surface area contributed by atoms with Gasteiger partial charge in [0.05, 0.1) is 6.10 Å². The van der Waals surface area contributed by atoms with E-state index >= 15 is 0 Å². The Labute approximate surface area is 103 Å². The molecule has 0 aliphatic heterocycles. The average molecular weight is 239 g/mol. The van der Waals surface area contributed by atoms with Gasteiger partial charge in [-0.25, -0.2) is 4.39 Å². The molecule has 0 aliphatic carbocycles. The van der Waals surface area contributed by atoms with Crippen LogP contribution in [0.5, 0.6) is 0 Å². The van der Waals surface area contributed by atoms with Gasteiger partial charge in [-0.3, -0.25) is 0 Å². The first-order valence-corrected chi connectivity index (χ1v) is 6.19. The molecular weight excluding hydrogens is 217 g/mol. The lowest BCUT2D eigenvalue weighted by molar-refractivity contribution is 0.106. The van der Waals surface area contributed by atoms with Gasteiger partial charge in [-0.2, -0.15) is 0 Å². The van der Waals surface area contributed by atoms with Crippen molar-refractivity contribution in [2.45, 2.75) is 38.8 Å². The molecule has 2 atom stereocenters. The molecule has 0 saturated heterocycles. The lowest BCUT2D eigenvalue weighted by atomic mass is 10.0. The van der Waals surface area contributed by atoms with Crippen molar-refractivity contribution in [2.24, 2.45) is 0 Å². The number of methoxy groups -OCH3 is 1. The second-order valence-corrected chi connectivity index (χ2v) is 4.29. The third kappa shape index (κ3) is 4.84. The van der Waals surface area contributed by atoms with Crippen LogP contribution in [0.4, 0.5) is 4.39 Å². The van der Waals surface area contributed by atoms with Crippen LogP contribution >= 0.6 is 0 Å². The fourth-order valence-electron chi connectivity index (χ4n) is 1.88. The molecule has 2 nitrogen and oxygen atoms in total. The highest BCUT2D eigenvalue weighted by atomic mass is 19.1. The van der Waals surface area contributed by atoms with Crippen LogP contribution in [0.3, 0.4) is 0 Å². The molecule has 1 N–H and O–H groups in total. The zero-order valence-corrected chi connectivity index (χ0v) is 10.9. The highest BCUT2D eigenvalue weighted by Gasteiger charge is 2.12. The first-order chi connectivity index (χ1) is 8.17. The summed E-state index contributed by atoms with van der Waals surface area (Å²) < 4.78 is 18.4. The van der Waals surface area contributed by atoms with Crippen LogP contribution in [0.25, 0.3) is 0 Å². The summed E-state index contributed by atoms with van der Waals surface area (Å²) in [5, 5.41) is 3.38. The number of halogens is 1. The van der Waals surface area contributed by atoms with Crippen molar-refractivity contribution in [3.05, 3.63) is 35.6 Å². The minimum atomic E-state index is -0.176. The molecule has 0 spiro atoms. The quantitative estimate of drug-likeness (QED) is 0.788. The monoisotopic (exact) mass is 239 g/mol. The topological polar surface area (TPSA) is 21.3 Å². The number of hydrogen-bond acceptors (Lipinski definition) is 2. The van der Waals surface area contributed by atoms with Crippen LogP contribution in [-0.4, -0.2) is 19.8 Å². The van der Waals surface area contributed by atoms with Crippen LogP contribution in [0.2, 0.25) is 0 Å². The van der Waals surface area contributed by atoms with Crippen molar-refractivity contribution in [2.75, 3.05) is 13.7 Å². The largest absolute Gasteiger partial charge is 0.382 e. The SMILES string of the molecule is CCNC(CCC(C)OC)c1cccc(F)c1. The van der Waals surface area contributed by atoms with Crippen LogP contribution in [-0.2, 0) is 4.74 Å². The minimum absolute atomic E-state index is 0.176. The molecule has 0 saturated carbocycles. The van der Waals surface area contributed by atoms with Crippen molar-refractivity contribution in [1.82, 2.24) is 5.32 Å². The highest BCUT2D eigenvalue weighted by Crippen LogP contribution is 2.20. The lowest BCUT2D eigenvalue weighted by Gasteiger charge is -2.20. The Kier molecular flexibility index (Phi) is 6.16. The number of hydrogen-bond donors (Lipinski definition) is 1. The molecule has 0 amide bonds. The highest BCUT2D eigenvalue weighted by molar-refractivity contribution is 5.20. The van der Waals surface area contributed by atoms with E-state index in [1.807, 2.05) is 6.07 Å². The van der Waals surface area contributed by atoms with Crippen molar-refractivity contribution in [3.8, 4) is 0 Å². The van der Waals surface area contributed by atoms with Gasteiger partial charge in [0.25, 0.3) is 0 Å². The first kappa shape index (κ1) is 14.1. The fourth-order valence-corrected chi connectivity index (χ4v) is 1.88. The van der Waals surface area contributed by atoms with Crippen molar-refractivity contribution in [1.29, 1.82) is 0 Å². The normalized spacial score (nSPS) is 14.6. The van der Waals surface area contributed by atoms with Gasteiger partial charge in [-0.15, -0.1) is 0 Å². The number of ether oxygens (including phenoxy) is 1. The summed E-state index contributed by atoms with van der Waals surface area (Å²) >= 11 is 0. The van der Waals surface area contributed by atoms with E-state index in [1.54, 1.807) is 19.2 Å². The zero-order valence-electron chi connectivity index (χ0n) is 10.9. The van der Waals surface area contributed by atoms with Gasteiger partial charge in [0.2, 0.25) is 0 Å². The van der Waals surface area contributed by atoms with Gasteiger partial charge in [0, 0.05) is 13.2 Å². The van der Waals surface area contributed by atoms with Crippen LogP contribution < -0.4 is 5.32 Å². The molecule has 0 aliphatic rings. The van der Waals surface area contributed by atoms with E-state index < -0.39 is 0 Å². The molecule has 0 aromatic heterocycles. The summed E-state index contributed by atoms with van der Waals surface area (Å²) in [6, 6.07) is 7.01. The van der Waals surface area contributed by atoms with Gasteiger partial charge >= 0.3 is 0 Å². The van der Waals surface area contributed by atoms with E-state index in [9.17, 15) is 4.39 Å². The third-order valence-electron chi connectivity index (χ3n) is 2.97. The van der Waals surface area contributed by atoms with Crippen LogP contribution in [0.15, 0.2) is 24.3 Å². The summed E-state index contributed by atoms with van der Waals surface area (Å²) in [4.78, 5) is 0. The maximum atomic E-state index is 13.2. The number of nitrogens with one attached hydrogen (secondary N) is 1. The number of benzene rings is 1. The fraction of sp³-hybridized carbons (Fsp3) is 0.571. The molecule has 0 bridgehead atoms. The van der Waals surface area contributed by atoms with E-state index in [0.29, 0.717) is 0 Å². The Balaban J connectivity index is 2.64. The first-order valence-electron chi connectivity index (χ1n) is 6.19. The van der Waals surface area contributed by atoms with Gasteiger partial charge in [-0.05, 0) is 44.0 Å². The van der Waals surface area contributed by atoms with Crippen molar-refractivity contribution >= 4 is 0 Å². The predicted molar refractivity (Wildman–Crippen MR) is 68.5 cm³/mol. The van der Waals surface area contributed by atoms with Crippen molar-refractivity contribution in [3.63, 3.8) is 0 Å². The molecular formula is C14H22FNO. The summed E-state index contributed by atoms with van der Waals surface area (Å²) in [6.07, 6.45) is 2.15. The van der Waals surface area contributed by atoms with Gasteiger partial charge < -0.3 is 10.1 Å². The molecule has 1 aromatic carbocycles. The van der Waals surface area contributed by atoms with Crippen LogP contribution in [0, 0.1) is 5.82 Å². The molecule has 2 unspecified atom stereocenters. The minimum Gasteiger partial charge on any atom is -0.382 e. The van der Waals surface area contributed by atoms with E-state index in [0.717, 1.165) is 24.9 Å². The lowest BCUT2D eigenvalue weighted by Crippen LogP contribution is -2.22. The summed E-state index contributed by atoms with van der Waals surface area (Å²) in [5.41, 5.74) is 1.01. The standard InChI is InChI=1S/C14H22FNO/c1-4-16-14(9-8-11(2)17-3)12-6-5-7-13(15)10-12/h5-7,10-11,14,16H,4,8-9H2,1-3H3. The Hall–Kier alpha value is -0.930. The van der Waals surface area contributed by atoms with Gasteiger partial charge in [0.1, 0.15) is 5.82 Å². The van der Waals surface area contributed by atoms with Gasteiger partial charge in [-0.1, -0.05) is 19.1 Å². The van der Waals surface area contributed by atoms with E-state index in [4.69, 9.17) is 4.74 Å². The third-order valence-corrected chi connectivity index (χ3v) is 2.97. The molecule has 0 heterocycles. The molecule has 0 fully saturated rings. The second kappa shape index (κ2) is 7.41. The summed E-state index contributed by atoms with van der Waals surface area (Å²) in [6.45, 7) is 4.99. The maximum Gasteiger partial charge on any atom is 0.123 e. The zero-order chi connectivity index (χ0) is 12.7. The summed E-state index contributed by atoms with van der Waals surface area (Å²) in [7, 11) is 1.72. The molecule has 1 aromatic rings. The molecule has 0 radical (unpaired) electrons. The molecule has 3 heteroatoms. The Morgan fingerprint density at radius 1 is 1.35 bits per heavy atom. The van der Waals surface area contributed by atoms with Gasteiger partial charge in [0.15, 0.2) is 0 Å². The Morgan fingerprint density at radius 3 is 2.71 bits per heavy atom. The van der Waals surface area contributed by atoms with E-state index in [2.05, 4.69) is 19.2 Å². The smallest absolute Gasteiger partial charge is 0.123 e. The maximum absolute atomic E-state index is 13.2. The molecule has 1 rings (SSSR count). The predicted octanol–water partition coefficient (Wildman–Crippen LogP) is 3.29. The Bertz CT molecular complexity index is 330. The van der Waals surface area contributed by atoms with E-state index in [-0.39, 0.29) is 18.0 Å². The Morgan fingerprint density at radius 2 is 2.12 bits per heavy atom. The van der Waals surface area contributed by atoms with Crippen LogP contribution in [0.1, 0.15) is 38.3 Å². The average Bonchev–Trinajstić information content (AvgIpc) is 2.34. The second-order valence-electron chi connectivity index (χ2n) is 4.29. The number of rotatable bonds is 7. The van der Waals surface area contributed by atoms with E-state index in [1.165, 1.54) is 6.07 Å². The van der Waals surface area contributed by atoms with Crippen molar-refractivity contribution < 1.29 is 9.13 Å². The molecule has 96 valence electrons. The molecule has 17 heavy (non-hydrogen) atoms. The summed E-state index contributed by atoms with van der Waals surface area (Å²) in [5.74, 6) is -0.176.